The second kappa shape index (κ2) is 7.01. The maximum atomic E-state index is 12.9. The van der Waals surface area contributed by atoms with E-state index in [1.165, 1.54) is 5.69 Å². The van der Waals surface area contributed by atoms with Gasteiger partial charge in [0.15, 0.2) is 0 Å². The highest BCUT2D eigenvalue weighted by Crippen LogP contribution is 2.22. The Hall–Kier alpha value is -1.40. The smallest absolute Gasteiger partial charge is 0.239 e. The molecule has 0 bridgehead atoms. The Kier molecular flexibility index (Phi) is 5.02. The first-order valence-corrected chi connectivity index (χ1v) is 8.69. The predicted octanol–water partition coefficient (Wildman–Crippen LogP) is 1.21. The first kappa shape index (κ1) is 16.5. The summed E-state index contributed by atoms with van der Waals surface area (Å²) in [6.45, 7) is 11.0. The first-order chi connectivity index (χ1) is 11.1. The summed E-state index contributed by atoms with van der Waals surface area (Å²) in [6.07, 6.45) is 2.16. The van der Waals surface area contributed by atoms with Crippen molar-refractivity contribution in [3.63, 3.8) is 0 Å². The quantitative estimate of drug-likeness (QED) is 0.837. The molecule has 6 heteroatoms. The maximum Gasteiger partial charge on any atom is 0.239 e. The third kappa shape index (κ3) is 3.58. The van der Waals surface area contributed by atoms with Gasteiger partial charge in [-0.15, -0.1) is 0 Å². The zero-order valence-corrected chi connectivity index (χ0v) is 14.5. The highest BCUT2D eigenvalue weighted by Gasteiger charge is 2.34. The predicted molar refractivity (Wildman–Crippen MR) is 88.3 cm³/mol. The molecule has 0 spiro atoms. The standard InChI is InChI=1S/C17H28N4O2/c1-13-11-14(2)21(18-13)12-16-5-4-6-20(16)17(22)15(3)19-7-9-23-10-8-19/h11,15-16H,4-10,12H2,1-3H3/t15-,16+/m1/s1. The zero-order valence-electron chi connectivity index (χ0n) is 14.5. The molecule has 0 aliphatic carbocycles. The number of carbonyl (C=O) groups excluding carboxylic acids is 1. The number of amides is 1. The average Bonchev–Trinajstić information content (AvgIpc) is 3.13. The van der Waals surface area contributed by atoms with Crippen molar-refractivity contribution in [2.24, 2.45) is 0 Å². The molecule has 2 saturated heterocycles. The highest BCUT2D eigenvalue weighted by atomic mass is 16.5. The van der Waals surface area contributed by atoms with E-state index < -0.39 is 0 Å². The van der Waals surface area contributed by atoms with Crippen molar-refractivity contribution in [1.82, 2.24) is 19.6 Å². The largest absolute Gasteiger partial charge is 0.379 e. The summed E-state index contributed by atoms with van der Waals surface area (Å²) in [4.78, 5) is 17.3. The SMILES string of the molecule is Cc1cc(C)n(C[C@@H]2CCCN2C(=O)[C@@H](C)N2CCOCC2)n1. The third-order valence-electron chi connectivity index (χ3n) is 5.10. The lowest BCUT2D eigenvalue weighted by molar-refractivity contribution is -0.139. The number of hydrogen-bond acceptors (Lipinski definition) is 4. The lowest BCUT2D eigenvalue weighted by Crippen LogP contribution is -2.52. The van der Waals surface area contributed by atoms with Crippen molar-refractivity contribution >= 4 is 5.91 Å². The van der Waals surface area contributed by atoms with Crippen LogP contribution in [0.1, 0.15) is 31.2 Å². The van der Waals surface area contributed by atoms with Gasteiger partial charge in [-0.3, -0.25) is 14.4 Å². The van der Waals surface area contributed by atoms with E-state index in [1.54, 1.807) is 0 Å². The van der Waals surface area contributed by atoms with Gasteiger partial charge in [-0.2, -0.15) is 5.10 Å². The molecule has 3 rings (SSSR count). The minimum Gasteiger partial charge on any atom is -0.379 e. The Morgan fingerprint density at radius 3 is 2.74 bits per heavy atom. The van der Waals surface area contributed by atoms with E-state index in [9.17, 15) is 4.79 Å². The van der Waals surface area contributed by atoms with Crippen molar-refractivity contribution in [2.75, 3.05) is 32.8 Å². The molecule has 2 atom stereocenters. The van der Waals surface area contributed by atoms with Gasteiger partial charge in [0.2, 0.25) is 5.91 Å². The molecule has 0 saturated carbocycles. The van der Waals surface area contributed by atoms with Gasteiger partial charge in [0, 0.05) is 25.3 Å². The number of nitrogens with zero attached hydrogens (tertiary/aromatic N) is 4. The molecular formula is C17H28N4O2. The number of carbonyl (C=O) groups is 1. The molecule has 0 unspecified atom stereocenters. The summed E-state index contributed by atoms with van der Waals surface area (Å²) in [6, 6.07) is 2.31. The summed E-state index contributed by atoms with van der Waals surface area (Å²) in [5.41, 5.74) is 2.21. The van der Waals surface area contributed by atoms with Gasteiger partial charge in [-0.25, -0.2) is 0 Å². The third-order valence-corrected chi connectivity index (χ3v) is 5.10. The van der Waals surface area contributed by atoms with Crippen LogP contribution in [0.3, 0.4) is 0 Å². The van der Waals surface area contributed by atoms with Crippen LogP contribution in [0, 0.1) is 13.8 Å². The normalized spacial score (nSPS) is 24.1. The molecule has 2 aliphatic rings. The lowest BCUT2D eigenvalue weighted by Gasteiger charge is -2.35. The fourth-order valence-corrected chi connectivity index (χ4v) is 3.74. The lowest BCUT2D eigenvalue weighted by atomic mass is 10.2. The van der Waals surface area contributed by atoms with Crippen LogP contribution in [-0.2, 0) is 16.1 Å². The van der Waals surface area contributed by atoms with Gasteiger partial charge in [0.05, 0.1) is 37.5 Å². The number of hydrogen-bond donors (Lipinski definition) is 0. The van der Waals surface area contributed by atoms with E-state index >= 15 is 0 Å². The van der Waals surface area contributed by atoms with Crippen LogP contribution in [0.15, 0.2) is 6.07 Å². The molecule has 2 fully saturated rings. The number of ether oxygens (including phenoxy) is 1. The molecule has 0 aromatic carbocycles. The van der Waals surface area contributed by atoms with Gasteiger partial charge in [0.1, 0.15) is 0 Å². The van der Waals surface area contributed by atoms with E-state index in [0.29, 0.717) is 0 Å². The Morgan fingerprint density at radius 1 is 1.35 bits per heavy atom. The zero-order chi connectivity index (χ0) is 16.4. The molecule has 23 heavy (non-hydrogen) atoms. The van der Waals surface area contributed by atoms with E-state index in [0.717, 1.165) is 57.9 Å². The van der Waals surface area contributed by atoms with Gasteiger partial charge in [-0.1, -0.05) is 0 Å². The molecule has 128 valence electrons. The summed E-state index contributed by atoms with van der Waals surface area (Å²) >= 11 is 0. The van der Waals surface area contributed by atoms with Crippen molar-refractivity contribution < 1.29 is 9.53 Å². The molecule has 1 amide bonds. The van der Waals surface area contributed by atoms with E-state index in [-0.39, 0.29) is 18.0 Å². The van der Waals surface area contributed by atoms with E-state index in [2.05, 4.69) is 27.9 Å². The van der Waals surface area contributed by atoms with E-state index in [1.807, 2.05) is 18.5 Å². The summed E-state index contributed by atoms with van der Waals surface area (Å²) in [5.74, 6) is 0.260. The number of rotatable bonds is 4. The Labute approximate surface area is 138 Å². The van der Waals surface area contributed by atoms with Gasteiger partial charge >= 0.3 is 0 Å². The summed E-state index contributed by atoms with van der Waals surface area (Å²) < 4.78 is 7.44. The maximum absolute atomic E-state index is 12.9. The van der Waals surface area contributed by atoms with Crippen LogP contribution in [0.4, 0.5) is 0 Å². The monoisotopic (exact) mass is 320 g/mol. The number of likely N-dealkylation sites (tertiary alicyclic amines) is 1. The second-order valence-corrected chi connectivity index (χ2v) is 6.76. The first-order valence-electron chi connectivity index (χ1n) is 8.69. The van der Waals surface area contributed by atoms with Crippen LogP contribution in [0.5, 0.6) is 0 Å². The number of aromatic nitrogens is 2. The number of morpholine rings is 1. The van der Waals surface area contributed by atoms with Crippen LogP contribution in [0.2, 0.25) is 0 Å². The Balaban J connectivity index is 1.65. The fraction of sp³-hybridized carbons (Fsp3) is 0.765. The summed E-state index contributed by atoms with van der Waals surface area (Å²) in [5, 5.41) is 4.55. The molecular weight excluding hydrogens is 292 g/mol. The molecule has 1 aromatic rings. The molecule has 1 aromatic heterocycles. The number of aryl methyl sites for hydroxylation is 2. The molecule has 0 N–H and O–H groups in total. The van der Waals surface area contributed by atoms with Crippen molar-refractivity contribution in [1.29, 1.82) is 0 Å². The van der Waals surface area contributed by atoms with Gasteiger partial charge < -0.3 is 9.64 Å². The van der Waals surface area contributed by atoms with Crippen LogP contribution in [0.25, 0.3) is 0 Å². The van der Waals surface area contributed by atoms with Crippen LogP contribution < -0.4 is 0 Å². The molecule has 2 aliphatic heterocycles. The highest BCUT2D eigenvalue weighted by molar-refractivity contribution is 5.82. The summed E-state index contributed by atoms with van der Waals surface area (Å²) in [7, 11) is 0. The van der Waals surface area contributed by atoms with Crippen molar-refractivity contribution in [2.45, 2.75) is 52.2 Å². The van der Waals surface area contributed by atoms with Gasteiger partial charge in [-0.05, 0) is 39.7 Å². The molecule has 0 radical (unpaired) electrons. The van der Waals surface area contributed by atoms with Crippen LogP contribution >= 0.6 is 0 Å². The van der Waals surface area contributed by atoms with Crippen molar-refractivity contribution in [3.8, 4) is 0 Å². The Morgan fingerprint density at radius 2 is 2.09 bits per heavy atom. The van der Waals surface area contributed by atoms with Crippen LogP contribution in [-0.4, -0.2) is 70.4 Å². The van der Waals surface area contributed by atoms with Crippen molar-refractivity contribution in [3.05, 3.63) is 17.5 Å². The molecule has 3 heterocycles. The minimum absolute atomic E-state index is 0.0556. The average molecular weight is 320 g/mol. The fourth-order valence-electron chi connectivity index (χ4n) is 3.74. The second-order valence-electron chi connectivity index (χ2n) is 6.76. The minimum atomic E-state index is -0.0556. The van der Waals surface area contributed by atoms with Gasteiger partial charge in [0.25, 0.3) is 0 Å². The van der Waals surface area contributed by atoms with E-state index in [4.69, 9.17) is 4.74 Å². The topological polar surface area (TPSA) is 50.6 Å². The Bertz CT molecular complexity index is 551. The molecule has 6 nitrogen and oxygen atoms in total.